The van der Waals surface area contributed by atoms with E-state index in [-0.39, 0.29) is 5.91 Å². The summed E-state index contributed by atoms with van der Waals surface area (Å²) < 4.78 is 0. The summed E-state index contributed by atoms with van der Waals surface area (Å²) in [5.41, 5.74) is 1.96. The fourth-order valence-electron chi connectivity index (χ4n) is 4.07. The average Bonchev–Trinajstić information content (AvgIpc) is 3.20. The van der Waals surface area contributed by atoms with Crippen molar-refractivity contribution in [1.29, 1.82) is 5.26 Å². The van der Waals surface area contributed by atoms with Gasteiger partial charge in [-0.3, -0.25) is 4.79 Å². The maximum Gasteiger partial charge on any atom is 0.230 e. The largest absolute Gasteiger partial charge is 0.325 e. The van der Waals surface area contributed by atoms with E-state index in [1.165, 1.54) is 32.6 Å². The van der Waals surface area contributed by atoms with E-state index in [1.807, 2.05) is 5.38 Å². The van der Waals surface area contributed by atoms with Crippen molar-refractivity contribution in [2.45, 2.75) is 13.0 Å². The molecule has 29 heavy (non-hydrogen) atoms. The lowest BCUT2D eigenvalue weighted by Crippen LogP contribution is -3.27. The van der Waals surface area contributed by atoms with Crippen LogP contribution in [-0.2, 0) is 11.3 Å². The van der Waals surface area contributed by atoms with Crippen molar-refractivity contribution >= 4 is 33.0 Å². The number of thiophene rings is 1. The number of piperazine rings is 1. The topological polar surface area (TPSA) is 61.8 Å². The summed E-state index contributed by atoms with van der Waals surface area (Å²) in [6.07, 6.45) is 0.497. The van der Waals surface area contributed by atoms with Gasteiger partial charge < -0.3 is 15.1 Å². The fourth-order valence-corrected chi connectivity index (χ4v) is 4.83. The summed E-state index contributed by atoms with van der Waals surface area (Å²) in [7, 11) is 0. The monoisotopic (exact) mass is 406 g/mol. The number of hydrogen-bond donors (Lipinski definition) is 3. The van der Waals surface area contributed by atoms with Crippen LogP contribution in [0, 0.1) is 11.3 Å². The van der Waals surface area contributed by atoms with Crippen LogP contribution in [0.15, 0.2) is 53.9 Å². The first kappa shape index (κ1) is 19.6. The third kappa shape index (κ3) is 4.83. The van der Waals surface area contributed by atoms with E-state index >= 15 is 0 Å². The number of fused-ring (bicyclic) bond motifs is 1. The molecule has 1 amide bonds. The number of nitriles is 1. The van der Waals surface area contributed by atoms with Crippen LogP contribution < -0.4 is 15.1 Å². The van der Waals surface area contributed by atoms with Gasteiger partial charge in [0.25, 0.3) is 0 Å². The highest BCUT2D eigenvalue weighted by Crippen LogP contribution is 2.22. The van der Waals surface area contributed by atoms with Crippen LogP contribution in [0.25, 0.3) is 10.8 Å². The van der Waals surface area contributed by atoms with Crippen molar-refractivity contribution in [2.24, 2.45) is 0 Å². The third-order valence-electron chi connectivity index (χ3n) is 5.73. The third-order valence-corrected chi connectivity index (χ3v) is 6.56. The Morgan fingerprint density at radius 3 is 2.62 bits per heavy atom. The Morgan fingerprint density at radius 2 is 1.79 bits per heavy atom. The Morgan fingerprint density at radius 1 is 1.03 bits per heavy atom. The Kier molecular flexibility index (Phi) is 6.20. The van der Waals surface area contributed by atoms with E-state index < -0.39 is 0 Å². The smallest absolute Gasteiger partial charge is 0.230 e. The quantitative estimate of drug-likeness (QED) is 0.574. The number of amides is 1. The molecule has 3 N–H and O–H groups in total. The van der Waals surface area contributed by atoms with Gasteiger partial charge >= 0.3 is 0 Å². The van der Waals surface area contributed by atoms with Crippen LogP contribution in [0.1, 0.15) is 17.5 Å². The van der Waals surface area contributed by atoms with Gasteiger partial charge in [-0.1, -0.05) is 42.5 Å². The lowest BCUT2D eigenvalue weighted by Gasteiger charge is -2.29. The molecule has 2 aromatic carbocycles. The molecule has 5 nitrogen and oxygen atoms in total. The lowest BCUT2D eigenvalue weighted by atomic mass is 10.0. The number of hydrogen-bond acceptors (Lipinski definition) is 3. The van der Waals surface area contributed by atoms with Gasteiger partial charge in [0, 0.05) is 5.56 Å². The molecule has 1 fully saturated rings. The number of nitrogens with one attached hydrogen (secondary N) is 3. The molecule has 2 heterocycles. The van der Waals surface area contributed by atoms with Crippen LogP contribution >= 0.6 is 11.3 Å². The SMILES string of the molecule is N#Cc1ccsc1NC(=O)CC[NH+]1CC[NH+](Cc2cccc3ccccc23)CC1. The van der Waals surface area contributed by atoms with E-state index in [4.69, 9.17) is 5.26 Å². The number of quaternary nitrogens is 2. The van der Waals surface area contributed by atoms with Gasteiger partial charge in [-0.25, -0.2) is 0 Å². The second-order valence-electron chi connectivity index (χ2n) is 7.64. The first-order valence-corrected chi connectivity index (χ1v) is 11.0. The van der Waals surface area contributed by atoms with E-state index in [0.717, 1.165) is 39.3 Å². The molecular weight excluding hydrogens is 380 g/mol. The molecule has 0 radical (unpaired) electrons. The molecule has 0 saturated carbocycles. The Bertz CT molecular complexity index is 1030. The predicted octanol–water partition coefficient (Wildman–Crippen LogP) is 1.09. The van der Waals surface area contributed by atoms with E-state index in [1.54, 1.807) is 11.0 Å². The molecule has 0 atom stereocenters. The molecule has 0 unspecified atom stereocenters. The highest BCUT2D eigenvalue weighted by molar-refractivity contribution is 7.14. The minimum absolute atomic E-state index is 0.00184. The van der Waals surface area contributed by atoms with Crippen molar-refractivity contribution in [1.82, 2.24) is 0 Å². The van der Waals surface area contributed by atoms with Crippen LogP contribution in [0.3, 0.4) is 0 Å². The second kappa shape index (κ2) is 9.19. The summed E-state index contributed by atoms with van der Waals surface area (Å²) in [5.74, 6) is 0.00184. The number of benzene rings is 2. The van der Waals surface area contributed by atoms with Crippen molar-refractivity contribution in [2.75, 3.05) is 38.0 Å². The van der Waals surface area contributed by atoms with Gasteiger partial charge in [0.2, 0.25) is 5.91 Å². The Balaban J connectivity index is 1.24. The normalized spacial score (nSPS) is 19.0. The van der Waals surface area contributed by atoms with Crippen LogP contribution in [0.2, 0.25) is 0 Å². The highest BCUT2D eigenvalue weighted by atomic mass is 32.1. The summed E-state index contributed by atoms with van der Waals surface area (Å²) >= 11 is 1.40. The molecule has 1 aromatic heterocycles. The highest BCUT2D eigenvalue weighted by Gasteiger charge is 2.24. The van der Waals surface area contributed by atoms with Crippen molar-refractivity contribution in [3.8, 4) is 6.07 Å². The first-order valence-electron chi connectivity index (χ1n) is 10.1. The maximum atomic E-state index is 12.2. The summed E-state index contributed by atoms with van der Waals surface area (Å²) in [6.45, 7) is 6.35. The van der Waals surface area contributed by atoms with Gasteiger partial charge in [0.05, 0.1) is 18.5 Å². The Labute approximate surface area is 175 Å². The molecule has 0 spiro atoms. The minimum Gasteiger partial charge on any atom is -0.325 e. The van der Waals surface area contributed by atoms with E-state index in [9.17, 15) is 4.79 Å². The Hall–Kier alpha value is -2.72. The van der Waals surface area contributed by atoms with Gasteiger partial charge in [-0.15, -0.1) is 11.3 Å². The molecule has 1 aliphatic heterocycles. The standard InChI is InChI=1S/C23H24N4OS/c24-16-19-9-15-29-23(19)25-22(28)8-10-26-11-13-27(14-12-26)17-20-6-3-5-18-4-1-2-7-21(18)20/h1-7,9,15H,8,10-14,17H2,(H,25,28)/p+2. The zero-order valence-electron chi connectivity index (χ0n) is 16.4. The van der Waals surface area contributed by atoms with Crippen molar-refractivity contribution < 1.29 is 14.6 Å². The number of rotatable bonds is 6. The lowest BCUT2D eigenvalue weighted by molar-refractivity contribution is -1.02. The zero-order valence-corrected chi connectivity index (χ0v) is 17.2. The molecule has 6 heteroatoms. The second-order valence-corrected chi connectivity index (χ2v) is 8.55. The molecule has 0 bridgehead atoms. The summed E-state index contributed by atoms with van der Waals surface area (Å²) in [4.78, 5) is 15.3. The number of anilines is 1. The van der Waals surface area contributed by atoms with Gasteiger partial charge in [0.1, 0.15) is 43.8 Å². The molecule has 1 saturated heterocycles. The first-order chi connectivity index (χ1) is 14.2. The number of carbonyl (C=O) groups is 1. The van der Waals surface area contributed by atoms with Crippen LogP contribution in [-0.4, -0.2) is 38.6 Å². The van der Waals surface area contributed by atoms with Gasteiger partial charge in [-0.05, 0) is 22.2 Å². The summed E-state index contributed by atoms with van der Waals surface area (Å²) in [6, 6.07) is 19.0. The van der Waals surface area contributed by atoms with E-state index in [2.05, 4.69) is 53.9 Å². The van der Waals surface area contributed by atoms with Crippen molar-refractivity contribution in [3.63, 3.8) is 0 Å². The summed E-state index contributed by atoms with van der Waals surface area (Å²) in [5, 5.41) is 17.1. The number of carbonyl (C=O) groups excluding carboxylic acids is 1. The molecule has 4 rings (SSSR count). The molecule has 148 valence electrons. The fraction of sp³-hybridized carbons (Fsp3) is 0.304. The molecular formula is C23H26N4OS+2. The van der Waals surface area contributed by atoms with Gasteiger partial charge in [-0.2, -0.15) is 5.26 Å². The number of nitrogens with zero attached hydrogens (tertiary/aromatic N) is 1. The minimum atomic E-state index is 0.00184. The molecule has 3 aromatic rings. The van der Waals surface area contributed by atoms with Gasteiger partial charge in [0.15, 0.2) is 0 Å². The average molecular weight is 407 g/mol. The van der Waals surface area contributed by atoms with Crippen LogP contribution in [0.4, 0.5) is 5.00 Å². The zero-order chi connectivity index (χ0) is 20.1. The molecule has 1 aliphatic rings. The predicted molar refractivity (Wildman–Crippen MR) is 116 cm³/mol. The van der Waals surface area contributed by atoms with E-state index in [0.29, 0.717) is 17.0 Å². The van der Waals surface area contributed by atoms with Crippen LogP contribution in [0.5, 0.6) is 0 Å². The maximum absolute atomic E-state index is 12.2. The molecule has 0 aliphatic carbocycles. The van der Waals surface area contributed by atoms with Crippen molar-refractivity contribution in [3.05, 3.63) is 65.0 Å².